The second-order valence-corrected chi connectivity index (χ2v) is 14.5. The van der Waals surface area contributed by atoms with Crippen LogP contribution in [-0.4, -0.2) is 83.9 Å². The van der Waals surface area contributed by atoms with Gasteiger partial charge in [-0.1, -0.05) is 11.6 Å². The Labute approximate surface area is 248 Å². The van der Waals surface area contributed by atoms with Crippen LogP contribution in [-0.2, 0) is 4.74 Å². The van der Waals surface area contributed by atoms with E-state index in [9.17, 15) is 4.79 Å². The van der Waals surface area contributed by atoms with Crippen LogP contribution < -0.4 is 9.64 Å². The van der Waals surface area contributed by atoms with Crippen molar-refractivity contribution in [3.63, 3.8) is 0 Å². The smallest absolute Gasteiger partial charge is 0.410 e. The molecule has 0 bridgehead atoms. The van der Waals surface area contributed by atoms with E-state index in [1.165, 1.54) is 12.8 Å². The zero-order chi connectivity index (χ0) is 28.3. The Morgan fingerprint density at radius 2 is 1.77 bits per heavy atom. The monoisotopic (exact) mass is 637 g/mol. The molecule has 1 aromatic heterocycles. The molecule has 11 heteroatoms. The van der Waals surface area contributed by atoms with Gasteiger partial charge < -0.3 is 24.2 Å². The van der Waals surface area contributed by atoms with Crippen molar-refractivity contribution in [1.29, 1.82) is 0 Å². The molecule has 0 radical (unpaired) electrons. The molecule has 0 N–H and O–H groups in total. The van der Waals surface area contributed by atoms with E-state index in [1.54, 1.807) is 11.0 Å². The number of carbonyl (C=O) groups excluding carboxylic acids is 1. The van der Waals surface area contributed by atoms with E-state index in [0.29, 0.717) is 30.9 Å². The third-order valence-corrected chi connectivity index (χ3v) is 10.1. The number of piperidine rings is 1. The first-order chi connectivity index (χ1) is 18.9. The number of benzene rings is 1. The Morgan fingerprint density at radius 3 is 2.40 bits per heavy atom. The molecular formula is C29H38BrClFN5O3. The Hall–Kier alpha value is -1.91. The average molecular weight is 639 g/mol. The largest absolute Gasteiger partial charge is 0.463 e. The molecule has 0 atom stereocenters. The average Bonchev–Trinajstić information content (AvgIpc) is 3.45. The molecule has 1 aliphatic carbocycles. The summed E-state index contributed by atoms with van der Waals surface area (Å²) in [5.41, 5.74) is -0.0737. The van der Waals surface area contributed by atoms with Gasteiger partial charge in [-0.3, -0.25) is 0 Å². The van der Waals surface area contributed by atoms with E-state index in [0.717, 1.165) is 58.4 Å². The van der Waals surface area contributed by atoms with E-state index >= 15 is 4.39 Å². The number of amides is 1. The Bertz CT molecular complexity index is 1300. The Balaban J connectivity index is 1.18. The lowest BCUT2D eigenvalue weighted by molar-refractivity contribution is -0.0434. The highest BCUT2D eigenvalue weighted by Crippen LogP contribution is 2.47. The first-order valence-electron chi connectivity index (χ1n) is 14.4. The van der Waals surface area contributed by atoms with Crippen LogP contribution in [0.4, 0.5) is 15.0 Å². The molecule has 0 unspecified atom stereocenters. The van der Waals surface area contributed by atoms with Crippen LogP contribution >= 0.6 is 27.5 Å². The number of likely N-dealkylation sites (tertiary alicyclic amines) is 2. The highest BCUT2D eigenvalue weighted by atomic mass is 79.9. The lowest BCUT2D eigenvalue weighted by atomic mass is 9.72. The van der Waals surface area contributed by atoms with Crippen LogP contribution in [0.3, 0.4) is 0 Å². The van der Waals surface area contributed by atoms with Crippen molar-refractivity contribution in [3.05, 3.63) is 21.4 Å². The summed E-state index contributed by atoms with van der Waals surface area (Å²) in [6.07, 6.45) is 6.35. The minimum Gasteiger partial charge on any atom is -0.463 e. The number of hydrogen-bond acceptors (Lipinski definition) is 7. The molecule has 1 amide bonds. The van der Waals surface area contributed by atoms with E-state index in [4.69, 9.17) is 26.1 Å². The predicted octanol–water partition coefficient (Wildman–Crippen LogP) is 6.28. The summed E-state index contributed by atoms with van der Waals surface area (Å²) in [4.78, 5) is 28.3. The van der Waals surface area contributed by atoms with Crippen molar-refractivity contribution in [2.75, 3.05) is 57.3 Å². The van der Waals surface area contributed by atoms with Crippen molar-refractivity contribution in [3.8, 4) is 6.01 Å². The normalized spacial score (nSPS) is 22.1. The van der Waals surface area contributed by atoms with Crippen molar-refractivity contribution >= 4 is 50.3 Å². The van der Waals surface area contributed by atoms with E-state index in [2.05, 4.69) is 30.7 Å². The third kappa shape index (κ3) is 5.73. The minimum absolute atomic E-state index is 0.0788. The Kier molecular flexibility index (Phi) is 7.35. The molecule has 3 saturated heterocycles. The third-order valence-electron chi connectivity index (χ3n) is 8.84. The molecule has 1 spiro atoms. The first kappa shape index (κ1) is 28.2. The van der Waals surface area contributed by atoms with Crippen molar-refractivity contribution in [2.24, 2.45) is 10.8 Å². The van der Waals surface area contributed by atoms with E-state index < -0.39 is 11.4 Å². The maximum atomic E-state index is 15.4. The Morgan fingerprint density at radius 1 is 1.10 bits per heavy atom. The number of hydrogen-bond donors (Lipinski definition) is 0. The summed E-state index contributed by atoms with van der Waals surface area (Å²) in [7, 11) is 0. The summed E-state index contributed by atoms with van der Waals surface area (Å²) in [6, 6.07) is 1.94. The van der Waals surface area contributed by atoms with Gasteiger partial charge in [0.05, 0.1) is 16.1 Å². The van der Waals surface area contributed by atoms with Gasteiger partial charge in [-0.2, -0.15) is 9.97 Å². The molecule has 1 saturated carbocycles. The van der Waals surface area contributed by atoms with Gasteiger partial charge in [0.15, 0.2) is 5.82 Å². The molecule has 2 aromatic rings. The van der Waals surface area contributed by atoms with Gasteiger partial charge in [0.25, 0.3) is 0 Å². The van der Waals surface area contributed by atoms with Crippen molar-refractivity contribution in [2.45, 2.75) is 64.9 Å². The number of rotatable bonds is 6. The van der Waals surface area contributed by atoms with Gasteiger partial charge in [0.2, 0.25) is 0 Å². The zero-order valence-corrected chi connectivity index (χ0v) is 25.9. The van der Waals surface area contributed by atoms with Crippen molar-refractivity contribution < 1.29 is 18.7 Å². The summed E-state index contributed by atoms with van der Waals surface area (Å²) in [6.45, 7) is 12.4. The molecule has 3 aliphatic heterocycles. The van der Waals surface area contributed by atoms with Gasteiger partial charge in [-0.25, -0.2) is 9.18 Å². The number of nitrogens with zero attached hydrogens (tertiary/aromatic N) is 5. The standard InChI is InChI=1S/C29H38BrClFN5O3/c1-27(2,3)40-26(38)37-16-28(17-37)8-12-36(13-9-28)24-19-14-20(31)21(30)22(32)23(19)33-25(34-24)39-18-29(6-7-29)15-35-10-4-5-11-35/h14H,4-13,15-18H2,1-3H3. The minimum atomic E-state index is -0.505. The zero-order valence-electron chi connectivity index (χ0n) is 23.6. The van der Waals surface area contributed by atoms with E-state index in [1.807, 2.05) is 20.8 Å². The molecule has 8 nitrogen and oxygen atoms in total. The van der Waals surface area contributed by atoms with Crippen LogP contribution in [0.1, 0.15) is 59.3 Å². The number of halogens is 3. The summed E-state index contributed by atoms with van der Waals surface area (Å²) < 4.78 is 27.4. The molecule has 40 heavy (non-hydrogen) atoms. The molecular weight excluding hydrogens is 601 g/mol. The van der Waals surface area contributed by atoms with Gasteiger partial charge in [-0.05, 0) is 94.4 Å². The lowest BCUT2D eigenvalue weighted by Crippen LogP contribution is -2.62. The maximum absolute atomic E-state index is 15.4. The topological polar surface area (TPSA) is 71.0 Å². The highest BCUT2D eigenvalue weighted by molar-refractivity contribution is 9.10. The number of fused-ring (bicyclic) bond motifs is 1. The summed E-state index contributed by atoms with van der Waals surface area (Å²) >= 11 is 9.65. The van der Waals surface area contributed by atoms with Crippen LogP contribution in [0.25, 0.3) is 10.9 Å². The van der Waals surface area contributed by atoms with Crippen LogP contribution in [0.2, 0.25) is 5.02 Å². The van der Waals surface area contributed by atoms with Crippen LogP contribution in [0.5, 0.6) is 6.01 Å². The fourth-order valence-electron chi connectivity index (χ4n) is 6.33. The summed E-state index contributed by atoms with van der Waals surface area (Å²) in [5, 5.41) is 0.864. The van der Waals surface area contributed by atoms with Gasteiger partial charge in [0, 0.05) is 48.9 Å². The summed E-state index contributed by atoms with van der Waals surface area (Å²) in [5.74, 6) is 0.144. The van der Waals surface area contributed by atoms with Crippen LogP contribution in [0.15, 0.2) is 10.5 Å². The second-order valence-electron chi connectivity index (χ2n) is 13.3. The van der Waals surface area contributed by atoms with Crippen LogP contribution in [0, 0.1) is 16.6 Å². The molecule has 6 rings (SSSR count). The fourth-order valence-corrected chi connectivity index (χ4v) is 6.82. The molecule has 4 fully saturated rings. The molecule has 4 aliphatic rings. The van der Waals surface area contributed by atoms with Gasteiger partial charge in [0.1, 0.15) is 16.9 Å². The highest BCUT2D eigenvalue weighted by Gasteiger charge is 2.48. The van der Waals surface area contributed by atoms with Gasteiger partial charge >= 0.3 is 12.1 Å². The fraction of sp³-hybridized carbons (Fsp3) is 0.690. The number of aromatic nitrogens is 2. The first-order valence-corrected chi connectivity index (χ1v) is 15.6. The second kappa shape index (κ2) is 10.4. The van der Waals surface area contributed by atoms with Crippen molar-refractivity contribution in [1.82, 2.24) is 19.8 Å². The molecule has 218 valence electrons. The predicted molar refractivity (Wildman–Crippen MR) is 157 cm³/mol. The number of anilines is 1. The SMILES string of the molecule is CC(C)(C)OC(=O)N1CC2(CCN(c3nc(OCC4(CN5CCCC5)CC4)nc4c(F)c(Br)c(Cl)cc34)CC2)C1. The quantitative estimate of drug-likeness (QED) is 0.345. The lowest BCUT2D eigenvalue weighted by Gasteiger charge is -2.53. The van der Waals surface area contributed by atoms with Gasteiger partial charge in [-0.15, -0.1) is 0 Å². The maximum Gasteiger partial charge on any atom is 0.410 e. The number of carbonyl (C=O) groups is 1. The van der Waals surface area contributed by atoms with E-state index in [-0.39, 0.29) is 37.9 Å². The molecule has 1 aromatic carbocycles. The number of ether oxygens (including phenoxy) is 2. The molecule has 4 heterocycles.